The average molecular weight is 452 g/mol. The highest BCUT2D eigenvalue weighted by molar-refractivity contribution is 7.13. The van der Waals surface area contributed by atoms with Gasteiger partial charge in [-0.2, -0.15) is 0 Å². The summed E-state index contributed by atoms with van der Waals surface area (Å²) < 4.78 is 10.9. The Morgan fingerprint density at radius 2 is 1.81 bits per heavy atom. The Labute approximate surface area is 193 Å². The molecule has 0 atom stereocenters. The quantitative estimate of drug-likeness (QED) is 0.501. The zero-order valence-corrected chi connectivity index (χ0v) is 19.7. The van der Waals surface area contributed by atoms with Gasteiger partial charge in [-0.05, 0) is 49.1 Å². The molecule has 0 spiro atoms. The molecule has 1 saturated heterocycles. The first kappa shape index (κ1) is 22.1. The molecule has 32 heavy (non-hydrogen) atoms. The van der Waals surface area contributed by atoms with Crippen LogP contribution in [0.3, 0.4) is 0 Å². The lowest BCUT2D eigenvalue weighted by Gasteiger charge is -2.29. The predicted molar refractivity (Wildman–Crippen MR) is 129 cm³/mol. The summed E-state index contributed by atoms with van der Waals surface area (Å²) in [5.74, 6) is 1.15. The lowest BCUT2D eigenvalue weighted by atomic mass is 10.1. The van der Waals surface area contributed by atoms with E-state index in [9.17, 15) is 4.79 Å². The van der Waals surface area contributed by atoms with Crippen LogP contribution < -0.4 is 14.4 Å². The third-order valence-corrected chi connectivity index (χ3v) is 6.66. The van der Waals surface area contributed by atoms with Gasteiger partial charge in [-0.3, -0.25) is 4.79 Å². The summed E-state index contributed by atoms with van der Waals surface area (Å²) >= 11 is 1.42. The summed E-state index contributed by atoms with van der Waals surface area (Å²) in [5, 5.41) is 2.52. The van der Waals surface area contributed by atoms with Crippen LogP contribution >= 0.6 is 11.3 Å². The van der Waals surface area contributed by atoms with Gasteiger partial charge in [0.25, 0.3) is 5.91 Å². The number of nitrogens with zero attached hydrogens (tertiary/aromatic N) is 3. The minimum Gasteiger partial charge on any atom is -0.493 e. The number of hydrogen-bond acceptors (Lipinski definition) is 6. The topological polar surface area (TPSA) is 54.9 Å². The normalized spacial score (nSPS) is 13.7. The first-order valence-electron chi connectivity index (χ1n) is 10.9. The molecule has 0 saturated carbocycles. The number of thiazole rings is 1. The summed E-state index contributed by atoms with van der Waals surface area (Å²) in [6.07, 6.45) is 3.84. The van der Waals surface area contributed by atoms with Crippen molar-refractivity contribution in [2.75, 3.05) is 39.3 Å². The summed E-state index contributed by atoms with van der Waals surface area (Å²) in [6.45, 7) is 2.79. The molecule has 7 heteroatoms. The number of hydrogen-bond donors (Lipinski definition) is 0. The van der Waals surface area contributed by atoms with Gasteiger partial charge in [-0.25, -0.2) is 4.98 Å². The zero-order valence-electron chi connectivity index (χ0n) is 18.8. The molecule has 0 unspecified atom stereocenters. The van der Waals surface area contributed by atoms with E-state index in [0.29, 0.717) is 23.7 Å². The van der Waals surface area contributed by atoms with Crippen molar-refractivity contribution in [2.45, 2.75) is 25.8 Å². The van der Waals surface area contributed by atoms with Crippen LogP contribution in [0, 0.1) is 0 Å². The van der Waals surface area contributed by atoms with Crippen LogP contribution in [0.4, 0.5) is 5.69 Å². The monoisotopic (exact) mass is 451 g/mol. The third-order valence-electron chi connectivity index (χ3n) is 5.78. The maximum absolute atomic E-state index is 13.0. The predicted octanol–water partition coefficient (Wildman–Crippen LogP) is 5.09. The van der Waals surface area contributed by atoms with Crippen molar-refractivity contribution in [3.05, 3.63) is 59.1 Å². The van der Waals surface area contributed by atoms with Crippen LogP contribution in [-0.4, -0.2) is 50.1 Å². The van der Waals surface area contributed by atoms with Gasteiger partial charge in [-0.1, -0.05) is 18.2 Å². The number of anilines is 1. The molecular formula is C25H29N3O3S. The SMILES string of the molecule is COc1cccc(-c2nc(C(=O)N(C)Cc3ccc(N4CCCCC4)cc3)cs2)c1OC. The lowest BCUT2D eigenvalue weighted by Crippen LogP contribution is -2.29. The lowest BCUT2D eigenvalue weighted by molar-refractivity contribution is 0.0780. The largest absolute Gasteiger partial charge is 0.493 e. The number of benzene rings is 2. The summed E-state index contributed by atoms with van der Waals surface area (Å²) in [7, 11) is 5.02. The molecule has 168 valence electrons. The smallest absolute Gasteiger partial charge is 0.273 e. The van der Waals surface area contributed by atoms with Gasteiger partial charge in [0, 0.05) is 37.7 Å². The van der Waals surface area contributed by atoms with Crippen LogP contribution in [0.25, 0.3) is 10.6 Å². The molecule has 0 bridgehead atoms. The van der Waals surface area contributed by atoms with E-state index in [1.54, 1.807) is 24.5 Å². The fourth-order valence-corrected chi connectivity index (χ4v) is 4.87. The van der Waals surface area contributed by atoms with Gasteiger partial charge >= 0.3 is 0 Å². The molecule has 0 aliphatic carbocycles. The Kier molecular flexibility index (Phi) is 6.95. The minimum absolute atomic E-state index is 0.102. The molecule has 1 fully saturated rings. The average Bonchev–Trinajstić information content (AvgIpc) is 3.34. The van der Waals surface area contributed by atoms with Crippen LogP contribution in [0.2, 0.25) is 0 Å². The van der Waals surface area contributed by atoms with E-state index in [1.165, 1.54) is 36.3 Å². The highest BCUT2D eigenvalue weighted by Crippen LogP contribution is 2.39. The summed E-state index contributed by atoms with van der Waals surface area (Å²) in [4.78, 5) is 21.7. The molecule has 1 aromatic heterocycles. The van der Waals surface area contributed by atoms with Crippen LogP contribution in [-0.2, 0) is 6.54 Å². The highest BCUT2D eigenvalue weighted by atomic mass is 32.1. The Bertz CT molecular complexity index is 1060. The maximum atomic E-state index is 13.0. The summed E-state index contributed by atoms with van der Waals surface area (Å²) in [6, 6.07) is 14.2. The van der Waals surface area contributed by atoms with E-state index >= 15 is 0 Å². The summed E-state index contributed by atoms with van der Waals surface area (Å²) in [5.41, 5.74) is 3.61. The fourth-order valence-electron chi connectivity index (χ4n) is 4.06. The first-order valence-corrected chi connectivity index (χ1v) is 11.7. The third kappa shape index (κ3) is 4.72. The standard InChI is InChI=1S/C25H29N3O3S/c1-27(16-18-10-12-19(13-11-18)28-14-5-4-6-15-28)25(29)21-17-32-24(26-21)20-8-7-9-22(30-2)23(20)31-3/h7-13,17H,4-6,14-16H2,1-3H3. The maximum Gasteiger partial charge on any atom is 0.273 e. The molecule has 6 nitrogen and oxygen atoms in total. The van der Waals surface area contributed by atoms with Crippen molar-refractivity contribution in [3.8, 4) is 22.1 Å². The Morgan fingerprint density at radius 1 is 1.06 bits per heavy atom. The Morgan fingerprint density at radius 3 is 2.50 bits per heavy atom. The van der Waals surface area contributed by atoms with Crippen LogP contribution in [0.5, 0.6) is 11.5 Å². The van der Waals surface area contributed by atoms with E-state index in [-0.39, 0.29) is 5.91 Å². The van der Waals surface area contributed by atoms with Crippen molar-refractivity contribution < 1.29 is 14.3 Å². The molecular weight excluding hydrogens is 422 g/mol. The van der Waals surface area contributed by atoms with Crippen molar-refractivity contribution in [3.63, 3.8) is 0 Å². The van der Waals surface area contributed by atoms with E-state index in [1.807, 2.05) is 25.2 Å². The zero-order chi connectivity index (χ0) is 22.5. The number of rotatable bonds is 7. The molecule has 0 N–H and O–H groups in total. The van der Waals surface area contributed by atoms with Crippen molar-refractivity contribution in [1.29, 1.82) is 0 Å². The minimum atomic E-state index is -0.102. The Hall–Kier alpha value is -3.06. The second-order valence-corrected chi connectivity index (χ2v) is 8.81. The van der Waals surface area contributed by atoms with E-state index < -0.39 is 0 Å². The number of aromatic nitrogens is 1. The fraction of sp³-hybridized carbons (Fsp3) is 0.360. The second-order valence-electron chi connectivity index (χ2n) is 7.95. The van der Waals surface area contributed by atoms with Gasteiger partial charge in [0.2, 0.25) is 0 Å². The molecule has 4 rings (SSSR count). The van der Waals surface area contributed by atoms with Crippen molar-refractivity contribution >= 4 is 22.9 Å². The van der Waals surface area contributed by atoms with E-state index in [4.69, 9.17) is 9.47 Å². The van der Waals surface area contributed by atoms with Gasteiger partial charge < -0.3 is 19.3 Å². The van der Waals surface area contributed by atoms with Crippen LogP contribution in [0.1, 0.15) is 35.3 Å². The number of amides is 1. The van der Waals surface area contributed by atoms with Crippen molar-refractivity contribution in [1.82, 2.24) is 9.88 Å². The van der Waals surface area contributed by atoms with Crippen LogP contribution in [0.15, 0.2) is 47.8 Å². The molecule has 3 aromatic rings. The van der Waals surface area contributed by atoms with Crippen molar-refractivity contribution in [2.24, 2.45) is 0 Å². The number of methoxy groups -OCH3 is 2. The number of para-hydroxylation sites is 1. The van der Waals surface area contributed by atoms with Gasteiger partial charge in [0.05, 0.1) is 19.8 Å². The van der Waals surface area contributed by atoms with Gasteiger partial charge in [-0.15, -0.1) is 11.3 Å². The van der Waals surface area contributed by atoms with E-state index in [2.05, 4.69) is 34.1 Å². The molecule has 1 aliphatic rings. The highest BCUT2D eigenvalue weighted by Gasteiger charge is 2.19. The second kappa shape index (κ2) is 10.0. The van der Waals surface area contributed by atoms with E-state index in [0.717, 1.165) is 29.2 Å². The molecule has 1 amide bonds. The molecule has 0 radical (unpaired) electrons. The number of carbonyl (C=O) groups is 1. The Balaban J connectivity index is 1.44. The molecule has 2 heterocycles. The van der Waals surface area contributed by atoms with Gasteiger partial charge in [0.15, 0.2) is 11.5 Å². The van der Waals surface area contributed by atoms with Gasteiger partial charge in [0.1, 0.15) is 10.7 Å². The molecule has 2 aromatic carbocycles. The first-order chi connectivity index (χ1) is 15.6. The number of carbonyl (C=O) groups excluding carboxylic acids is 1. The number of ether oxygens (including phenoxy) is 2. The molecule has 1 aliphatic heterocycles. The number of piperidine rings is 1.